The lowest BCUT2D eigenvalue weighted by molar-refractivity contribution is -0.143. The molecule has 0 bridgehead atoms. The third-order valence-corrected chi connectivity index (χ3v) is 3.99. The molecular formula is C15H30F3IN4. The van der Waals surface area contributed by atoms with Gasteiger partial charge in [-0.1, -0.05) is 13.8 Å². The van der Waals surface area contributed by atoms with E-state index in [-0.39, 0.29) is 29.9 Å². The smallest absolute Gasteiger partial charge is 0.357 e. The first kappa shape index (κ1) is 22.8. The lowest BCUT2D eigenvalue weighted by Crippen LogP contribution is -2.44. The lowest BCUT2D eigenvalue weighted by Gasteiger charge is -2.21. The van der Waals surface area contributed by atoms with E-state index in [1.807, 2.05) is 6.92 Å². The number of guanidine groups is 1. The van der Waals surface area contributed by atoms with Gasteiger partial charge in [-0.3, -0.25) is 9.89 Å². The normalized spacial score (nSPS) is 21.2. The van der Waals surface area contributed by atoms with E-state index in [9.17, 15) is 13.2 Å². The zero-order valence-corrected chi connectivity index (χ0v) is 16.7. The molecule has 23 heavy (non-hydrogen) atoms. The van der Waals surface area contributed by atoms with Gasteiger partial charge in [0.25, 0.3) is 0 Å². The van der Waals surface area contributed by atoms with Gasteiger partial charge in [-0.25, -0.2) is 0 Å². The summed E-state index contributed by atoms with van der Waals surface area (Å²) >= 11 is 0. The zero-order chi connectivity index (χ0) is 16.8. The Morgan fingerprint density at radius 2 is 1.96 bits per heavy atom. The Hall–Kier alpha value is -0.250. The van der Waals surface area contributed by atoms with Gasteiger partial charge in [0.1, 0.15) is 0 Å². The van der Waals surface area contributed by atoms with Gasteiger partial charge in [-0.05, 0) is 38.6 Å². The molecule has 4 nitrogen and oxygen atoms in total. The average Bonchev–Trinajstić information content (AvgIpc) is 2.81. The predicted octanol–water partition coefficient (Wildman–Crippen LogP) is 3.09. The highest BCUT2D eigenvalue weighted by Gasteiger charge is 2.34. The van der Waals surface area contributed by atoms with Crippen LogP contribution in [0.5, 0.6) is 0 Å². The highest BCUT2D eigenvalue weighted by Crippen LogP contribution is 2.22. The number of aliphatic imine (C=N–C) groups is 1. The van der Waals surface area contributed by atoms with E-state index in [4.69, 9.17) is 0 Å². The minimum absolute atomic E-state index is 0. The molecule has 1 heterocycles. The van der Waals surface area contributed by atoms with Crippen LogP contribution in [-0.4, -0.2) is 55.8 Å². The predicted molar refractivity (Wildman–Crippen MR) is 99.4 cm³/mol. The summed E-state index contributed by atoms with van der Waals surface area (Å²) < 4.78 is 37.1. The number of hydrogen-bond acceptors (Lipinski definition) is 2. The summed E-state index contributed by atoms with van der Waals surface area (Å²) in [5.41, 5.74) is 0. The van der Waals surface area contributed by atoms with E-state index in [0.717, 1.165) is 18.9 Å². The first-order valence-electron chi connectivity index (χ1n) is 8.05. The Balaban J connectivity index is 0.00000484. The van der Waals surface area contributed by atoms with Crippen molar-refractivity contribution >= 4 is 29.9 Å². The Morgan fingerprint density at radius 1 is 1.30 bits per heavy atom. The quantitative estimate of drug-likeness (QED) is 0.371. The lowest BCUT2D eigenvalue weighted by atomic mass is 10.1. The van der Waals surface area contributed by atoms with Crippen LogP contribution in [0.3, 0.4) is 0 Å². The van der Waals surface area contributed by atoms with E-state index in [1.54, 1.807) is 0 Å². The molecule has 2 unspecified atom stereocenters. The SMILES string of the molecule is CCNC(=NCC1CCN(CC(F)(F)F)C1)NC(C)C(C)C.I. The second kappa shape index (κ2) is 10.6. The van der Waals surface area contributed by atoms with E-state index < -0.39 is 12.7 Å². The van der Waals surface area contributed by atoms with Crippen LogP contribution < -0.4 is 10.6 Å². The third kappa shape index (κ3) is 9.59. The minimum atomic E-state index is -4.11. The van der Waals surface area contributed by atoms with Crippen molar-refractivity contribution in [3.63, 3.8) is 0 Å². The van der Waals surface area contributed by atoms with Gasteiger partial charge in [-0.15, -0.1) is 24.0 Å². The summed E-state index contributed by atoms with van der Waals surface area (Å²) in [6, 6.07) is 0.295. The highest BCUT2D eigenvalue weighted by molar-refractivity contribution is 14.0. The Morgan fingerprint density at radius 3 is 2.48 bits per heavy atom. The average molecular weight is 450 g/mol. The largest absolute Gasteiger partial charge is 0.401 e. The number of rotatable bonds is 6. The Labute approximate surface area is 154 Å². The van der Waals surface area contributed by atoms with Crippen LogP contribution in [0.2, 0.25) is 0 Å². The summed E-state index contributed by atoms with van der Waals surface area (Å²) in [4.78, 5) is 6.00. The van der Waals surface area contributed by atoms with Gasteiger partial charge in [0, 0.05) is 25.7 Å². The molecule has 0 amide bonds. The second-order valence-corrected chi connectivity index (χ2v) is 6.40. The summed E-state index contributed by atoms with van der Waals surface area (Å²) in [5, 5.41) is 6.52. The van der Waals surface area contributed by atoms with Crippen molar-refractivity contribution in [2.24, 2.45) is 16.8 Å². The molecule has 0 aliphatic carbocycles. The fourth-order valence-electron chi connectivity index (χ4n) is 2.38. The van der Waals surface area contributed by atoms with Crippen molar-refractivity contribution in [1.82, 2.24) is 15.5 Å². The van der Waals surface area contributed by atoms with Crippen LogP contribution in [0, 0.1) is 11.8 Å². The molecule has 2 atom stereocenters. The van der Waals surface area contributed by atoms with Crippen LogP contribution in [0.4, 0.5) is 13.2 Å². The maximum atomic E-state index is 12.4. The summed E-state index contributed by atoms with van der Waals surface area (Å²) in [6.45, 7) is 9.86. The third-order valence-electron chi connectivity index (χ3n) is 3.99. The highest BCUT2D eigenvalue weighted by atomic mass is 127. The van der Waals surface area contributed by atoms with Crippen LogP contribution in [-0.2, 0) is 0 Å². The standard InChI is InChI=1S/C15H29F3N4.HI/c1-5-19-14(21-12(4)11(2)3)20-8-13-6-7-22(9-13)10-15(16,17)18;/h11-13H,5-10H2,1-4H3,(H2,19,20,21);1H. The van der Waals surface area contributed by atoms with Gasteiger partial charge in [-0.2, -0.15) is 13.2 Å². The fourth-order valence-corrected chi connectivity index (χ4v) is 2.38. The molecule has 0 aromatic rings. The zero-order valence-electron chi connectivity index (χ0n) is 14.4. The van der Waals surface area contributed by atoms with E-state index in [1.165, 1.54) is 4.90 Å². The number of likely N-dealkylation sites (tertiary alicyclic amines) is 1. The van der Waals surface area contributed by atoms with E-state index in [0.29, 0.717) is 31.6 Å². The number of hydrogen-bond donors (Lipinski definition) is 2. The number of nitrogens with zero attached hydrogens (tertiary/aromatic N) is 2. The van der Waals surface area contributed by atoms with Crippen molar-refractivity contribution in [3.05, 3.63) is 0 Å². The van der Waals surface area contributed by atoms with Crippen molar-refractivity contribution in [1.29, 1.82) is 0 Å². The van der Waals surface area contributed by atoms with Crippen molar-refractivity contribution in [2.75, 3.05) is 32.7 Å². The fraction of sp³-hybridized carbons (Fsp3) is 0.933. The molecule has 0 aromatic carbocycles. The van der Waals surface area contributed by atoms with Gasteiger partial charge in [0.2, 0.25) is 0 Å². The first-order valence-corrected chi connectivity index (χ1v) is 8.05. The second-order valence-electron chi connectivity index (χ2n) is 6.40. The van der Waals surface area contributed by atoms with Crippen LogP contribution in [0.15, 0.2) is 4.99 Å². The van der Waals surface area contributed by atoms with Gasteiger partial charge < -0.3 is 10.6 Å². The Bertz CT molecular complexity index is 361. The molecule has 1 aliphatic heterocycles. The number of halogens is 4. The van der Waals surface area contributed by atoms with Gasteiger partial charge in [0.05, 0.1) is 6.54 Å². The molecule has 0 aromatic heterocycles. The van der Waals surface area contributed by atoms with Crippen LogP contribution in [0.25, 0.3) is 0 Å². The molecule has 1 rings (SSSR count). The van der Waals surface area contributed by atoms with Crippen molar-refractivity contribution < 1.29 is 13.2 Å². The molecule has 1 saturated heterocycles. The van der Waals surface area contributed by atoms with Crippen LogP contribution >= 0.6 is 24.0 Å². The Kier molecular flexibility index (Phi) is 10.5. The summed E-state index contributed by atoms with van der Waals surface area (Å²) in [7, 11) is 0. The van der Waals surface area contributed by atoms with E-state index >= 15 is 0 Å². The maximum Gasteiger partial charge on any atom is 0.401 e. The molecule has 0 saturated carbocycles. The van der Waals surface area contributed by atoms with E-state index in [2.05, 4.69) is 36.4 Å². The molecule has 8 heteroatoms. The number of alkyl halides is 3. The molecule has 1 fully saturated rings. The first-order chi connectivity index (χ1) is 10.2. The van der Waals surface area contributed by atoms with Crippen LogP contribution in [0.1, 0.15) is 34.1 Å². The van der Waals surface area contributed by atoms with Crippen molar-refractivity contribution in [2.45, 2.75) is 46.3 Å². The monoisotopic (exact) mass is 450 g/mol. The van der Waals surface area contributed by atoms with Gasteiger partial charge in [0.15, 0.2) is 5.96 Å². The summed E-state index contributed by atoms with van der Waals surface area (Å²) in [6.07, 6.45) is -3.33. The maximum absolute atomic E-state index is 12.4. The molecule has 1 aliphatic rings. The molecule has 0 radical (unpaired) electrons. The molecule has 2 N–H and O–H groups in total. The molecule has 0 spiro atoms. The van der Waals surface area contributed by atoms with Gasteiger partial charge >= 0.3 is 6.18 Å². The number of nitrogens with one attached hydrogen (secondary N) is 2. The van der Waals surface area contributed by atoms with Crippen molar-refractivity contribution in [3.8, 4) is 0 Å². The topological polar surface area (TPSA) is 39.7 Å². The molecular weight excluding hydrogens is 420 g/mol. The minimum Gasteiger partial charge on any atom is -0.357 e. The summed E-state index contributed by atoms with van der Waals surface area (Å²) in [5.74, 6) is 1.43. The molecule has 138 valence electrons.